The van der Waals surface area contributed by atoms with Crippen LogP contribution in [0.3, 0.4) is 0 Å². The lowest BCUT2D eigenvalue weighted by Crippen LogP contribution is -2.26. The highest BCUT2D eigenvalue weighted by Gasteiger charge is 2.09. The first kappa shape index (κ1) is 15.1. The summed E-state index contributed by atoms with van der Waals surface area (Å²) in [6.45, 7) is 0.890. The van der Waals surface area contributed by atoms with E-state index in [9.17, 15) is 4.79 Å². The van der Waals surface area contributed by atoms with Crippen molar-refractivity contribution in [2.45, 2.75) is 6.54 Å². The van der Waals surface area contributed by atoms with Gasteiger partial charge in [-0.1, -0.05) is 36.4 Å². The summed E-state index contributed by atoms with van der Waals surface area (Å²) in [6.07, 6.45) is 5.40. The maximum Gasteiger partial charge on any atom is 0.263 e. The topological polar surface area (TPSA) is 57.0 Å². The zero-order valence-corrected chi connectivity index (χ0v) is 12.8. The summed E-state index contributed by atoms with van der Waals surface area (Å²) in [5.41, 5.74) is 1.40. The van der Waals surface area contributed by atoms with Crippen molar-refractivity contribution in [1.82, 2.24) is 14.5 Å². The molecule has 0 saturated carbocycles. The lowest BCUT2D eigenvalue weighted by atomic mass is 10.2. The smallest absolute Gasteiger partial charge is 0.263 e. The molecule has 0 N–H and O–H groups in total. The van der Waals surface area contributed by atoms with Crippen LogP contribution in [-0.2, 0) is 11.3 Å². The van der Waals surface area contributed by atoms with Crippen LogP contribution in [0.5, 0.6) is 0 Å². The van der Waals surface area contributed by atoms with Crippen molar-refractivity contribution >= 4 is 23.2 Å². The molecule has 0 saturated heterocycles. The fourth-order valence-electron chi connectivity index (χ4n) is 2.33. The molecule has 5 heteroatoms. The lowest BCUT2D eigenvalue weighted by molar-refractivity contribution is 0.186. The van der Waals surface area contributed by atoms with Crippen molar-refractivity contribution < 1.29 is 4.74 Å². The van der Waals surface area contributed by atoms with Gasteiger partial charge < -0.3 is 4.74 Å². The summed E-state index contributed by atoms with van der Waals surface area (Å²) < 4.78 is 6.72. The van der Waals surface area contributed by atoms with E-state index >= 15 is 0 Å². The minimum Gasteiger partial charge on any atom is -0.383 e. The van der Waals surface area contributed by atoms with Crippen LogP contribution in [0, 0.1) is 0 Å². The molecule has 0 unspecified atom stereocenters. The molecule has 3 rings (SSSR count). The molecule has 0 amide bonds. The monoisotopic (exact) mass is 307 g/mol. The first-order valence-corrected chi connectivity index (χ1v) is 7.37. The maximum atomic E-state index is 12.7. The van der Waals surface area contributed by atoms with Gasteiger partial charge in [-0.2, -0.15) is 0 Å². The van der Waals surface area contributed by atoms with E-state index in [-0.39, 0.29) is 5.56 Å². The van der Waals surface area contributed by atoms with E-state index in [4.69, 9.17) is 4.74 Å². The van der Waals surface area contributed by atoms with Crippen LogP contribution in [-0.4, -0.2) is 28.3 Å². The molecule has 0 aliphatic rings. The lowest BCUT2D eigenvalue weighted by Gasteiger charge is -2.10. The normalized spacial score (nSPS) is 11.3. The number of aromatic nitrogens is 3. The number of benzene rings is 1. The molecule has 2 aromatic heterocycles. The number of pyridine rings is 1. The van der Waals surface area contributed by atoms with E-state index in [1.54, 1.807) is 30.0 Å². The molecular formula is C18H17N3O2. The molecule has 116 valence electrons. The number of hydrogen-bond donors (Lipinski definition) is 0. The Labute approximate surface area is 133 Å². The van der Waals surface area contributed by atoms with Gasteiger partial charge in [-0.3, -0.25) is 9.36 Å². The van der Waals surface area contributed by atoms with E-state index in [0.29, 0.717) is 30.0 Å². The molecule has 2 heterocycles. The van der Waals surface area contributed by atoms with Gasteiger partial charge in [-0.05, 0) is 23.8 Å². The molecule has 1 aromatic carbocycles. The highest BCUT2D eigenvalue weighted by Crippen LogP contribution is 2.09. The van der Waals surface area contributed by atoms with E-state index in [1.165, 1.54) is 0 Å². The van der Waals surface area contributed by atoms with Crippen LogP contribution in [0.15, 0.2) is 53.5 Å². The van der Waals surface area contributed by atoms with Gasteiger partial charge in [0.2, 0.25) is 0 Å². The number of rotatable bonds is 5. The Morgan fingerprint density at radius 1 is 1.13 bits per heavy atom. The zero-order valence-electron chi connectivity index (χ0n) is 12.8. The third-order valence-corrected chi connectivity index (χ3v) is 3.50. The summed E-state index contributed by atoms with van der Waals surface area (Å²) in [4.78, 5) is 21.4. The van der Waals surface area contributed by atoms with Crippen LogP contribution in [0.25, 0.3) is 23.2 Å². The first-order chi connectivity index (χ1) is 11.3. The highest BCUT2D eigenvalue weighted by atomic mass is 16.5. The molecule has 0 bridgehead atoms. The van der Waals surface area contributed by atoms with E-state index in [0.717, 1.165) is 5.56 Å². The fraction of sp³-hybridized carbons (Fsp3) is 0.167. The average Bonchev–Trinajstić information content (AvgIpc) is 2.60. The summed E-state index contributed by atoms with van der Waals surface area (Å²) >= 11 is 0. The molecule has 0 atom stereocenters. The Morgan fingerprint density at radius 2 is 1.96 bits per heavy atom. The van der Waals surface area contributed by atoms with Crippen molar-refractivity contribution in [3.05, 3.63) is 70.4 Å². The SMILES string of the molecule is COCCn1c(/C=C/c2ccccc2)nc2ncccc2c1=O. The number of methoxy groups -OCH3 is 1. The molecule has 5 nitrogen and oxygen atoms in total. The highest BCUT2D eigenvalue weighted by molar-refractivity contribution is 5.75. The summed E-state index contributed by atoms with van der Waals surface area (Å²) in [6, 6.07) is 13.4. The number of ether oxygens (including phenoxy) is 1. The van der Waals surface area contributed by atoms with Crippen LogP contribution in [0.1, 0.15) is 11.4 Å². The molecule has 3 aromatic rings. The Hall–Kier alpha value is -2.79. The summed E-state index contributed by atoms with van der Waals surface area (Å²) in [5.74, 6) is 0.571. The van der Waals surface area contributed by atoms with Gasteiger partial charge in [0.05, 0.1) is 18.5 Å². The molecule has 0 fully saturated rings. The predicted molar refractivity (Wildman–Crippen MR) is 91.0 cm³/mol. The van der Waals surface area contributed by atoms with Crippen molar-refractivity contribution in [3.63, 3.8) is 0 Å². The van der Waals surface area contributed by atoms with Crippen molar-refractivity contribution in [2.75, 3.05) is 13.7 Å². The second-order valence-corrected chi connectivity index (χ2v) is 5.04. The standard InChI is InChI=1S/C18H17N3O2/c1-23-13-12-21-16(10-9-14-6-3-2-4-7-14)20-17-15(18(21)22)8-5-11-19-17/h2-11H,12-13H2,1H3/b10-9+. The largest absolute Gasteiger partial charge is 0.383 e. The van der Waals surface area contributed by atoms with Gasteiger partial charge in [0.15, 0.2) is 5.65 Å². The van der Waals surface area contributed by atoms with Crippen LogP contribution in [0.2, 0.25) is 0 Å². The molecule has 0 spiro atoms. The molecule has 0 radical (unpaired) electrons. The van der Waals surface area contributed by atoms with Crippen molar-refractivity contribution in [1.29, 1.82) is 0 Å². The third-order valence-electron chi connectivity index (χ3n) is 3.50. The minimum absolute atomic E-state index is 0.104. The maximum absolute atomic E-state index is 12.7. The van der Waals surface area contributed by atoms with Crippen LogP contribution >= 0.6 is 0 Å². The zero-order chi connectivity index (χ0) is 16.1. The second kappa shape index (κ2) is 6.98. The van der Waals surface area contributed by atoms with E-state index in [1.807, 2.05) is 42.5 Å². The molecule has 0 aliphatic heterocycles. The number of nitrogens with zero attached hydrogens (tertiary/aromatic N) is 3. The van der Waals surface area contributed by atoms with Crippen LogP contribution in [0.4, 0.5) is 0 Å². The van der Waals surface area contributed by atoms with Gasteiger partial charge in [0, 0.05) is 13.3 Å². The number of hydrogen-bond acceptors (Lipinski definition) is 4. The van der Waals surface area contributed by atoms with Crippen molar-refractivity contribution in [2.24, 2.45) is 0 Å². The Bertz CT molecular complexity index is 886. The summed E-state index contributed by atoms with van der Waals surface area (Å²) in [7, 11) is 1.61. The third kappa shape index (κ3) is 3.35. The van der Waals surface area contributed by atoms with Gasteiger partial charge in [0.1, 0.15) is 5.82 Å². The van der Waals surface area contributed by atoms with Gasteiger partial charge in [0.25, 0.3) is 5.56 Å². The van der Waals surface area contributed by atoms with Gasteiger partial charge in [-0.15, -0.1) is 0 Å². The summed E-state index contributed by atoms with van der Waals surface area (Å²) in [5, 5.41) is 0.514. The second-order valence-electron chi connectivity index (χ2n) is 5.04. The van der Waals surface area contributed by atoms with Gasteiger partial charge >= 0.3 is 0 Å². The molecule has 0 aliphatic carbocycles. The number of fused-ring (bicyclic) bond motifs is 1. The van der Waals surface area contributed by atoms with Crippen molar-refractivity contribution in [3.8, 4) is 0 Å². The first-order valence-electron chi connectivity index (χ1n) is 7.37. The fourth-order valence-corrected chi connectivity index (χ4v) is 2.33. The Kier molecular flexibility index (Phi) is 4.59. The quantitative estimate of drug-likeness (QED) is 0.727. The molecular weight excluding hydrogens is 290 g/mol. The molecule has 23 heavy (non-hydrogen) atoms. The Balaban J connectivity index is 2.10. The Morgan fingerprint density at radius 3 is 2.74 bits per heavy atom. The predicted octanol–water partition coefficient (Wildman–Crippen LogP) is 2.61. The van der Waals surface area contributed by atoms with E-state index in [2.05, 4.69) is 9.97 Å². The minimum atomic E-state index is -0.104. The average molecular weight is 307 g/mol. The van der Waals surface area contributed by atoms with Gasteiger partial charge in [-0.25, -0.2) is 9.97 Å². The van der Waals surface area contributed by atoms with Crippen LogP contribution < -0.4 is 5.56 Å². The van der Waals surface area contributed by atoms with E-state index < -0.39 is 0 Å².